The third kappa shape index (κ3) is 4.83. The minimum Gasteiger partial charge on any atom is -0.380 e. The quantitative estimate of drug-likeness (QED) is 0.757. The Labute approximate surface area is 170 Å². The van der Waals surface area contributed by atoms with Gasteiger partial charge in [0.1, 0.15) is 0 Å². The summed E-state index contributed by atoms with van der Waals surface area (Å²) < 4.78 is 0. The van der Waals surface area contributed by atoms with Crippen LogP contribution in [0.5, 0.6) is 0 Å². The van der Waals surface area contributed by atoms with Crippen molar-refractivity contribution in [2.75, 3.05) is 20.6 Å². The maximum absolute atomic E-state index is 12.6. The van der Waals surface area contributed by atoms with E-state index in [-0.39, 0.29) is 0 Å². The number of likely N-dealkylation sites (N-methyl/N-ethyl adjacent to an activating group) is 1. The van der Waals surface area contributed by atoms with Crippen LogP contribution in [0.2, 0.25) is 0 Å². The van der Waals surface area contributed by atoms with Gasteiger partial charge in [-0.25, -0.2) is 0 Å². The molecule has 2 N–H and O–H groups in total. The van der Waals surface area contributed by atoms with Gasteiger partial charge in [-0.05, 0) is 41.8 Å². The van der Waals surface area contributed by atoms with Crippen molar-refractivity contribution in [3.8, 4) is 11.8 Å². The van der Waals surface area contributed by atoms with Crippen LogP contribution in [0.3, 0.4) is 0 Å². The van der Waals surface area contributed by atoms with Gasteiger partial charge in [-0.2, -0.15) is 0 Å². The highest BCUT2D eigenvalue weighted by atomic mass is 16.3. The van der Waals surface area contributed by atoms with Crippen molar-refractivity contribution in [3.05, 3.63) is 70.8 Å². The molecule has 1 aliphatic heterocycles. The van der Waals surface area contributed by atoms with E-state index in [0.29, 0.717) is 19.5 Å². The summed E-state index contributed by atoms with van der Waals surface area (Å²) in [5.41, 5.74) is 3.83. The Hall–Kier alpha value is -3.14. The summed E-state index contributed by atoms with van der Waals surface area (Å²) in [4.78, 5) is 27.0. The Morgan fingerprint density at radius 2 is 1.66 bits per heavy atom. The highest BCUT2D eigenvalue weighted by Crippen LogP contribution is 2.21. The van der Waals surface area contributed by atoms with Crippen LogP contribution in [0, 0.1) is 11.8 Å². The lowest BCUT2D eigenvalue weighted by Gasteiger charge is -2.31. The number of hydrogen-bond donors (Lipinski definition) is 2. The molecule has 150 valence electrons. The number of aliphatic hydroxyl groups is 2. The van der Waals surface area contributed by atoms with Crippen molar-refractivity contribution in [2.24, 2.45) is 0 Å². The SMILES string of the molecule is CN(C)C(=O)C(O)C(O)C(=O)N1CCc2ccc(C#Cc3ccccc3)cc2C1. The monoisotopic (exact) mass is 392 g/mol. The zero-order valence-corrected chi connectivity index (χ0v) is 16.5. The predicted molar refractivity (Wildman–Crippen MR) is 109 cm³/mol. The van der Waals surface area contributed by atoms with Crippen LogP contribution in [0.15, 0.2) is 48.5 Å². The number of fused-ring (bicyclic) bond motifs is 1. The molecule has 2 unspecified atom stereocenters. The molecule has 0 spiro atoms. The Bertz CT molecular complexity index is 960. The summed E-state index contributed by atoms with van der Waals surface area (Å²) in [7, 11) is 2.91. The average molecular weight is 392 g/mol. The third-order valence-electron chi connectivity index (χ3n) is 4.90. The van der Waals surface area contributed by atoms with Crippen LogP contribution < -0.4 is 0 Å². The number of hydrogen-bond acceptors (Lipinski definition) is 4. The van der Waals surface area contributed by atoms with Gasteiger partial charge in [0.2, 0.25) is 0 Å². The summed E-state index contributed by atoms with van der Waals surface area (Å²) in [6, 6.07) is 15.6. The first-order valence-electron chi connectivity index (χ1n) is 9.42. The molecule has 0 fully saturated rings. The van der Waals surface area contributed by atoms with E-state index in [9.17, 15) is 19.8 Å². The molecule has 3 rings (SSSR count). The first-order valence-corrected chi connectivity index (χ1v) is 9.42. The summed E-state index contributed by atoms with van der Waals surface area (Å²) in [5, 5.41) is 20.1. The van der Waals surface area contributed by atoms with Gasteiger partial charge in [0.05, 0.1) is 0 Å². The van der Waals surface area contributed by atoms with Crippen LogP contribution >= 0.6 is 0 Å². The van der Waals surface area contributed by atoms with Gasteiger partial charge in [-0.3, -0.25) is 9.59 Å². The van der Waals surface area contributed by atoms with Crippen LogP contribution in [0.4, 0.5) is 0 Å². The molecule has 0 bridgehead atoms. The highest BCUT2D eigenvalue weighted by Gasteiger charge is 2.35. The Morgan fingerprint density at radius 3 is 2.34 bits per heavy atom. The topological polar surface area (TPSA) is 81.1 Å². The van der Waals surface area contributed by atoms with Gasteiger partial charge >= 0.3 is 0 Å². The molecule has 1 heterocycles. The molecule has 6 heteroatoms. The number of benzene rings is 2. The van der Waals surface area contributed by atoms with Crippen molar-refractivity contribution in [2.45, 2.75) is 25.2 Å². The molecule has 29 heavy (non-hydrogen) atoms. The molecular weight excluding hydrogens is 368 g/mol. The summed E-state index contributed by atoms with van der Waals surface area (Å²) in [6.45, 7) is 0.718. The standard InChI is InChI=1S/C23H24N2O4/c1-24(2)22(28)20(26)21(27)23(29)25-13-12-18-11-10-17(14-19(18)15-25)9-8-16-6-4-3-5-7-16/h3-7,10-11,14,20-21,26-27H,12-13,15H2,1-2H3. The van der Waals surface area contributed by atoms with Crippen molar-refractivity contribution in [3.63, 3.8) is 0 Å². The number of rotatable bonds is 3. The molecule has 2 aromatic rings. The average Bonchev–Trinajstić information content (AvgIpc) is 2.75. The van der Waals surface area contributed by atoms with E-state index in [1.54, 1.807) is 0 Å². The number of aliphatic hydroxyl groups excluding tert-OH is 2. The lowest BCUT2D eigenvalue weighted by atomic mass is 9.96. The first kappa shape index (κ1) is 20.6. The zero-order chi connectivity index (χ0) is 21.0. The van der Waals surface area contributed by atoms with Crippen molar-refractivity contribution in [1.82, 2.24) is 9.80 Å². The Morgan fingerprint density at radius 1 is 0.966 bits per heavy atom. The molecule has 0 aliphatic carbocycles. The van der Waals surface area contributed by atoms with E-state index in [0.717, 1.165) is 27.2 Å². The van der Waals surface area contributed by atoms with Crippen molar-refractivity contribution >= 4 is 11.8 Å². The molecule has 0 saturated heterocycles. The second-order valence-corrected chi connectivity index (χ2v) is 7.23. The minimum atomic E-state index is -1.78. The molecule has 0 radical (unpaired) electrons. The van der Waals surface area contributed by atoms with Gasteiger partial charge in [-0.1, -0.05) is 36.1 Å². The molecular formula is C23H24N2O4. The fraction of sp³-hybridized carbons (Fsp3) is 0.304. The predicted octanol–water partition coefficient (Wildman–Crippen LogP) is 0.781. The fourth-order valence-electron chi connectivity index (χ4n) is 3.21. The lowest BCUT2D eigenvalue weighted by Crippen LogP contribution is -2.51. The van der Waals surface area contributed by atoms with Crippen LogP contribution in [0.1, 0.15) is 22.3 Å². The molecule has 1 aliphatic rings. The lowest BCUT2D eigenvalue weighted by molar-refractivity contribution is -0.157. The fourth-order valence-corrected chi connectivity index (χ4v) is 3.21. The van der Waals surface area contributed by atoms with Gasteiger partial charge in [0.15, 0.2) is 12.2 Å². The van der Waals surface area contributed by atoms with E-state index in [4.69, 9.17) is 0 Å². The molecule has 0 aromatic heterocycles. The molecule has 2 atom stereocenters. The third-order valence-corrected chi connectivity index (χ3v) is 4.90. The largest absolute Gasteiger partial charge is 0.380 e. The molecule has 2 aromatic carbocycles. The number of carbonyl (C=O) groups excluding carboxylic acids is 2. The number of carbonyl (C=O) groups is 2. The summed E-state index contributed by atoms with van der Waals surface area (Å²) >= 11 is 0. The maximum atomic E-state index is 12.6. The van der Waals surface area contributed by atoms with Crippen LogP contribution in [0.25, 0.3) is 0 Å². The van der Waals surface area contributed by atoms with Crippen LogP contribution in [-0.2, 0) is 22.6 Å². The molecule has 0 saturated carbocycles. The highest BCUT2D eigenvalue weighted by molar-refractivity contribution is 5.90. The number of nitrogens with zero attached hydrogens (tertiary/aromatic N) is 2. The molecule has 6 nitrogen and oxygen atoms in total. The van der Waals surface area contributed by atoms with Crippen molar-refractivity contribution < 1.29 is 19.8 Å². The van der Waals surface area contributed by atoms with Gasteiger partial charge in [0, 0.05) is 38.3 Å². The van der Waals surface area contributed by atoms with E-state index in [1.807, 2.05) is 48.5 Å². The first-order chi connectivity index (χ1) is 13.9. The van der Waals surface area contributed by atoms with Gasteiger partial charge in [0.25, 0.3) is 11.8 Å². The van der Waals surface area contributed by atoms with Gasteiger partial charge in [-0.15, -0.1) is 0 Å². The summed E-state index contributed by atoms with van der Waals surface area (Å²) in [5.74, 6) is 4.88. The van der Waals surface area contributed by atoms with Crippen molar-refractivity contribution in [1.29, 1.82) is 0 Å². The van der Waals surface area contributed by atoms with E-state index in [2.05, 4.69) is 11.8 Å². The summed E-state index contributed by atoms with van der Waals surface area (Å²) in [6.07, 6.45) is -2.92. The second kappa shape index (κ2) is 8.91. The molecule has 2 amide bonds. The van der Waals surface area contributed by atoms with E-state index >= 15 is 0 Å². The number of amides is 2. The van der Waals surface area contributed by atoms with Crippen LogP contribution in [-0.4, -0.2) is 64.7 Å². The van der Waals surface area contributed by atoms with Gasteiger partial charge < -0.3 is 20.0 Å². The maximum Gasteiger partial charge on any atom is 0.255 e. The smallest absolute Gasteiger partial charge is 0.255 e. The second-order valence-electron chi connectivity index (χ2n) is 7.23. The normalized spacial score (nSPS) is 14.8. The van der Waals surface area contributed by atoms with E-state index in [1.165, 1.54) is 19.0 Å². The zero-order valence-electron chi connectivity index (χ0n) is 16.5. The minimum absolute atomic E-state index is 0.301. The Balaban J connectivity index is 1.73. The van der Waals surface area contributed by atoms with E-state index < -0.39 is 24.0 Å². The Kier molecular flexibility index (Phi) is 6.32.